The van der Waals surface area contributed by atoms with Crippen molar-refractivity contribution < 1.29 is 4.79 Å². The average molecular weight is 326 g/mol. The van der Waals surface area contributed by atoms with Crippen LogP contribution in [-0.2, 0) is 11.2 Å². The summed E-state index contributed by atoms with van der Waals surface area (Å²) >= 11 is 0. The summed E-state index contributed by atoms with van der Waals surface area (Å²) in [6.45, 7) is 8.54. The van der Waals surface area contributed by atoms with Gasteiger partial charge in [-0.1, -0.05) is 61.9 Å². The molecule has 0 saturated carbocycles. The third-order valence-electron chi connectivity index (χ3n) is 4.74. The molecule has 23 heavy (non-hydrogen) atoms. The zero-order valence-corrected chi connectivity index (χ0v) is 15.8. The molecule has 1 aliphatic rings. The summed E-state index contributed by atoms with van der Waals surface area (Å²) in [5.74, 6) is 0.294. The molecule has 1 aliphatic carbocycles. The van der Waals surface area contributed by atoms with Crippen LogP contribution in [0.5, 0.6) is 0 Å². The van der Waals surface area contributed by atoms with E-state index < -0.39 is 0 Å². The van der Waals surface area contributed by atoms with Crippen LogP contribution in [0.4, 0.5) is 0 Å². The lowest BCUT2D eigenvalue weighted by molar-refractivity contribution is -0.116. The van der Waals surface area contributed by atoms with E-state index >= 15 is 0 Å². The van der Waals surface area contributed by atoms with E-state index in [4.69, 9.17) is 0 Å². The van der Waals surface area contributed by atoms with E-state index in [1.165, 1.54) is 22.0 Å². The van der Waals surface area contributed by atoms with Gasteiger partial charge in [-0.05, 0) is 54.1 Å². The van der Waals surface area contributed by atoms with Gasteiger partial charge in [-0.15, -0.1) is 9.24 Å². The minimum atomic E-state index is 0.0848. The lowest BCUT2D eigenvalue weighted by Gasteiger charge is -2.32. The van der Waals surface area contributed by atoms with E-state index in [2.05, 4.69) is 72.5 Å². The van der Waals surface area contributed by atoms with Gasteiger partial charge >= 0.3 is 0 Å². The van der Waals surface area contributed by atoms with Gasteiger partial charge in [0.15, 0.2) is 5.78 Å². The van der Waals surface area contributed by atoms with Gasteiger partial charge in [0.2, 0.25) is 0 Å². The number of rotatable bonds is 4. The van der Waals surface area contributed by atoms with Crippen LogP contribution in [0.2, 0.25) is 0 Å². The molecule has 1 aromatic rings. The molecule has 1 aromatic carbocycles. The first-order valence-corrected chi connectivity index (χ1v) is 8.82. The zero-order valence-electron chi connectivity index (χ0n) is 14.6. The van der Waals surface area contributed by atoms with Gasteiger partial charge in [0.05, 0.1) is 0 Å². The van der Waals surface area contributed by atoms with Crippen molar-refractivity contribution in [2.45, 2.75) is 47.0 Å². The molecule has 1 nitrogen and oxygen atoms in total. The number of benzene rings is 1. The van der Waals surface area contributed by atoms with Crippen molar-refractivity contribution >= 4 is 20.3 Å². The molecule has 0 saturated heterocycles. The molecule has 0 spiro atoms. The van der Waals surface area contributed by atoms with E-state index in [-0.39, 0.29) is 5.41 Å². The van der Waals surface area contributed by atoms with E-state index in [1.807, 2.05) is 6.92 Å². The second-order valence-corrected chi connectivity index (χ2v) is 7.65. The summed E-state index contributed by atoms with van der Waals surface area (Å²) in [5, 5.41) is 1.25. The number of allylic oxidation sites excluding steroid dienone is 6. The second-order valence-electron chi connectivity index (χ2n) is 7.03. The topological polar surface area (TPSA) is 17.1 Å². The molecule has 1 atom stereocenters. The Morgan fingerprint density at radius 1 is 1.30 bits per heavy atom. The van der Waals surface area contributed by atoms with Crippen molar-refractivity contribution in [3.05, 3.63) is 64.8 Å². The molecule has 0 heterocycles. The van der Waals surface area contributed by atoms with Crippen LogP contribution in [0.25, 0.3) is 0 Å². The largest absolute Gasteiger partial charge is 0.295 e. The SMILES string of the molecule is CC(C=CC1=C(C)C(=O)CCC1(C)C)=CCc1ccccc1P. The highest BCUT2D eigenvalue weighted by Gasteiger charge is 2.30. The van der Waals surface area contributed by atoms with Crippen LogP contribution in [0, 0.1) is 5.41 Å². The number of Topliss-reactive ketones (excluding diaryl/α,β-unsaturated/α-hetero) is 1. The Morgan fingerprint density at radius 3 is 2.70 bits per heavy atom. The van der Waals surface area contributed by atoms with Crippen LogP contribution in [0.1, 0.15) is 46.1 Å². The van der Waals surface area contributed by atoms with Crippen molar-refractivity contribution in [2.75, 3.05) is 0 Å². The smallest absolute Gasteiger partial charge is 0.158 e. The van der Waals surface area contributed by atoms with E-state index in [0.717, 1.165) is 18.4 Å². The Bertz CT molecular complexity index is 690. The molecule has 2 heteroatoms. The maximum Gasteiger partial charge on any atom is 0.158 e. The Morgan fingerprint density at radius 2 is 2.00 bits per heavy atom. The van der Waals surface area contributed by atoms with Crippen molar-refractivity contribution in [1.29, 1.82) is 0 Å². The first kappa shape index (κ1) is 17.9. The minimum Gasteiger partial charge on any atom is -0.295 e. The van der Waals surface area contributed by atoms with Crippen LogP contribution >= 0.6 is 9.24 Å². The maximum atomic E-state index is 12.0. The summed E-state index contributed by atoms with van der Waals surface area (Å²) in [5.41, 5.74) is 4.76. The van der Waals surface area contributed by atoms with Crippen molar-refractivity contribution in [3.63, 3.8) is 0 Å². The predicted octanol–water partition coefficient (Wildman–Crippen LogP) is 4.94. The number of carbonyl (C=O) groups is 1. The summed E-state index contributed by atoms with van der Waals surface area (Å²) in [7, 11) is 2.79. The van der Waals surface area contributed by atoms with Gasteiger partial charge in [0.25, 0.3) is 0 Å². The molecule has 1 unspecified atom stereocenters. The number of hydrogen-bond acceptors (Lipinski definition) is 1. The highest BCUT2D eigenvalue weighted by atomic mass is 31.0. The number of ketones is 1. The predicted molar refractivity (Wildman–Crippen MR) is 103 cm³/mol. The molecular formula is C21H27OP. The van der Waals surface area contributed by atoms with Crippen molar-refractivity contribution in [3.8, 4) is 0 Å². The zero-order chi connectivity index (χ0) is 17.0. The third kappa shape index (κ3) is 4.52. The summed E-state index contributed by atoms with van der Waals surface area (Å²) in [6, 6.07) is 8.40. The fourth-order valence-corrected chi connectivity index (χ4v) is 3.36. The molecule has 0 aliphatic heterocycles. The van der Waals surface area contributed by atoms with Crippen LogP contribution in [0.15, 0.2) is 59.2 Å². The van der Waals surface area contributed by atoms with E-state index in [1.54, 1.807) is 0 Å². The molecule has 0 fully saturated rings. The Labute approximate surface area is 142 Å². The normalized spacial score (nSPS) is 18.8. The molecule has 122 valence electrons. The standard InChI is InChI=1S/C21H27OP/c1-15(9-11-17-7-5-6-8-20(17)23)10-12-18-16(2)19(22)13-14-21(18,3)4/h5-10,12H,11,13-14,23H2,1-4H3. The van der Waals surface area contributed by atoms with Crippen LogP contribution in [-0.4, -0.2) is 5.78 Å². The van der Waals surface area contributed by atoms with Gasteiger partial charge in [-0.3, -0.25) is 4.79 Å². The lowest BCUT2D eigenvalue weighted by atomic mass is 9.72. The second kappa shape index (κ2) is 7.41. The van der Waals surface area contributed by atoms with Gasteiger partial charge in [-0.2, -0.15) is 0 Å². The molecule has 0 bridgehead atoms. The molecule has 0 radical (unpaired) electrons. The number of hydrogen-bond donors (Lipinski definition) is 0. The monoisotopic (exact) mass is 326 g/mol. The van der Waals surface area contributed by atoms with Crippen molar-refractivity contribution in [2.24, 2.45) is 5.41 Å². The summed E-state index contributed by atoms with van der Waals surface area (Å²) < 4.78 is 0. The van der Waals surface area contributed by atoms with Gasteiger partial charge in [-0.25, -0.2) is 0 Å². The first-order valence-electron chi connectivity index (χ1n) is 8.24. The van der Waals surface area contributed by atoms with Gasteiger partial charge < -0.3 is 0 Å². The van der Waals surface area contributed by atoms with Crippen LogP contribution < -0.4 is 5.30 Å². The quantitative estimate of drug-likeness (QED) is 0.566. The van der Waals surface area contributed by atoms with Crippen LogP contribution in [0.3, 0.4) is 0 Å². The summed E-state index contributed by atoms with van der Waals surface area (Å²) in [4.78, 5) is 12.0. The van der Waals surface area contributed by atoms with Gasteiger partial charge in [0.1, 0.15) is 0 Å². The molecule has 2 rings (SSSR count). The Balaban J connectivity index is 2.15. The molecular weight excluding hydrogens is 299 g/mol. The van der Waals surface area contributed by atoms with E-state index in [9.17, 15) is 4.79 Å². The molecule has 0 amide bonds. The third-order valence-corrected chi connectivity index (χ3v) is 5.30. The van der Waals surface area contributed by atoms with E-state index in [0.29, 0.717) is 12.2 Å². The molecule has 0 aromatic heterocycles. The fourth-order valence-electron chi connectivity index (χ4n) is 3.03. The Kier molecular flexibility index (Phi) is 5.76. The summed E-state index contributed by atoms with van der Waals surface area (Å²) in [6.07, 6.45) is 9.07. The lowest BCUT2D eigenvalue weighted by Crippen LogP contribution is -2.24. The highest BCUT2D eigenvalue weighted by molar-refractivity contribution is 7.27. The highest BCUT2D eigenvalue weighted by Crippen LogP contribution is 2.39. The Hall–Kier alpha value is -1.46. The van der Waals surface area contributed by atoms with Crippen molar-refractivity contribution in [1.82, 2.24) is 0 Å². The average Bonchev–Trinajstić information content (AvgIpc) is 2.50. The van der Waals surface area contributed by atoms with Gasteiger partial charge in [0, 0.05) is 6.42 Å². The maximum absolute atomic E-state index is 12.0. The molecule has 0 N–H and O–H groups in total. The fraction of sp³-hybridized carbons (Fsp3) is 0.381. The number of carbonyl (C=O) groups excluding carboxylic acids is 1. The minimum absolute atomic E-state index is 0.0848. The first-order chi connectivity index (χ1) is 10.8.